The van der Waals surface area contributed by atoms with Crippen LogP contribution >= 0.6 is 0 Å². The fraction of sp³-hybridized carbons (Fsp3) is 0.417. The van der Waals surface area contributed by atoms with E-state index in [1.165, 1.54) is 0 Å². The first-order valence-electron chi connectivity index (χ1n) is 5.47. The van der Waals surface area contributed by atoms with Crippen molar-refractivity contribution in [2.24, 2.45) is 5.73 Å². The molecule has 1 aromatic carbocycles. The summed E-state index contributed by atoms with van der Waals surface area (Å²) in [6.07, 6.45) is 0. The molecule has 5 heteroatoms. The lowest BCUT2D eigenvalue weighted by atomic mass is 10.2. The van der Waals surface area contributed by atoms with Crippen LogP contribution in [0, 0.1) is 0 Å². The molecule has 1 aromatic rings. The lowest BCUT2D eigenvalue weighted by Gasteiger charge is -2.09. The zero-order valence-corrected chi connectivity index (χ0v) is 9.63. The number of carbonyl (C=O) groups excluding carboxylic acids is 1. The molecule has 1 rings (SSSR count). The van der Waals surface area contributed by atoms with E-state index in [1.54, 1.807) is 0 Å². The third-order valence-corrected chi connectivity index (χ3v) is 2.13. The van der Waals surface area contributed by atoms with Crippen LogP contribution in [0.1, 0.15) is 5.56 Å². The number of aliphatic hydroxyl groups is 1. The van der Waals surface area contributed by atoms with Crippen molar-refractivity contribution < 1.29 is 14.6 Å². The maximum absolute atomic E-state index is 11.3. The largest absolute Gasteiger partial charge is 0.395 e. The second kappa shape index (κ2) is 7.78. The first kappa shape index (κ1) is 13.6. The average Bonchev–Trinajstić information content (AvgIpc) is 2.37. The van der Waals surface area contributed by atoms with E-state index < -0.39 is 6.04 Å². The SMILES string of the molecule is NC(CO)COCC(=O)NCc1ccccc1. The van der Waals surface area contributed by atoms with Gasteiger partial charge in [0, 0.05) is 6.54 Å². The third kappa shape index (κ3) is 6.01. The van der Waals surface area contributed by atoms with Gasteiger partial charge in [-0.05, 0) is 5.56 Å². The van der Waals surface area contributed by atoms with Crippen LogP contribution < -0.4 is 11.1 Å². The molecule has 0 aromatic heterocycles. The van der Waals surface area contributed by atoms with Gasteiger partial charge in [-0.1, -0.05) is 30.3 Å². The number of benzene rings is 1. The van der Waals surface area contributed by atoms with Crippen LogP contribution in [0.15, 0.2) is 30.3 Å². The van der Waals surface area contributed by atoms with Crippen LogP contribution in [0.4, 0.5) is 0 Å². The smallest absolute Gasteiger partial charge is 0.246 e. The number of nitrogens with two attached hydrogens (primary N) is 1. The molecule has 5 nitrogen and oxygen atoms in total. The Bertz CT molecular complexity index is 330. The monoisotopic (exact) mass is 238 g/mol. The van der Waals surface area contributed by atoms with Crippen molar-refractivity contribution in [1.29, 1.82) is 0 Å². The van der Waals surface area contributed by atoms with Crippen molar-refractivity contribution in [3.8, 4) is 0 Å². The molecule has 0 bridgehead atoms. The van der Waals surface area contributed by atoms with E-state index in [9.17, 15) is 4.79 Å². The molecule has 1 amide bonds. The van der Waals surface area contributed by atoms with Gasteiger partial charge < -0.3 is 20.9 Å². The molecular formula is C12H18N2O3. The quantitative estimate of drug-likeness (QED) is 0.605. The fourth-order valence-electron chi connectivity index (χ4n) is 1.20. The Hall–Kier alpha value is -1.43. The summed E-state index contributed by atoms with van der Waals surface area (Å²) in [5, 5.41) is 11.4. The van der Waals surface area contributed by atoms with Crippen LogP contribution in [0.2, 0.25) is 0 Å². The molecule has 0 saturated carbocycles. The number of nitrogens with one attached hydrogen (secondary N) is 1. The molecule has 1 unspecified atom stereocenters. The number of aliphatic hydroxyl groups excluding tert-OH is 1. The van der Waals surface area contributed by atoms with E-state index in [1.807, 2.05) is 30.3 Å². The van der Waals surface area contributed by atoms with Crippen LogP contribution in [-0.2, 0) is 16.1 Å². The molecule has 94 valence electrons. The second-order valence-electron chi connectivity index (χ2n) is 3.72. The normalized spacial score (nSPS) is 12.1. The maximum atomic E-state index is 11.3. The zero-order chi connectivity index (χ0) is 12.5. The molecule has 0 aliphatic heterocycles. The Morgan fingerprint density at radius 1 is 1.41 bits per heavy atom. The van der Waals surface area contributed by atoms with Gasteiger partial charge >= 0.3 is 0 Å². The Morgan fingerprint density at radius 2 is 2.12 bits per heavy atom. The van der Waals surface area contributed by atoms with Gasteiger partial charge in [-0.3, -0.25) is 4.79 Å². The van der Waals surface area contributed by atoms with Crippen LogP contribution in [-0.4, -0.2) is 36.9 Å². The lowest BCUT2D eigenvalue weighted by Crippen LogP contribution is -2.33. The fourth-order valence-corrected chi connectivity index (χ4v) is 1.20. The van der Waals surface area contributed by atoms with Crippen molar-refractivity contribution in [2.45, 2.75) is 12.6 Å². The summed E-state index contributed by atoms with van der Waals surface area (Å²) >= 11 is 0. The van der Waals surface area contributed by atoms with Gasteiger partial charge in [0.05, 0.1) is 19.3 Å². The van der Waals surface area contributed by atoms with E-state index in [0.29, 0.717) is 6.54 Å². The predicted octanol–water partition coefficient (Wildman–Crippen LogP) is -0.361. The molecule has 0 fully saturated rings. The highest BCUT2D eigenvalue weighted by atomic mass is 16.5. The summed E-state index contributed by atoms with van der Waals surface area (Å²) in [6, 6.07) is 9.18. The topological polar surface area (TPSA) is 84.6 Å². The van der Waals surface area contributed by atoms with Gasteiger partial charge in [0.1, 0.15) is 6.61 Å². The summed E-state index contributed by atoms with van der Waals surface area (Å²) in [5.74, 6) is -0.195. The highest BCUT2D eigenvalue weighted by Gasteiger charge is 2.04. The number of ether oxygens (including phenoxy) is 1. The molecule has 4 N–H and O–H groups in total. The van der Waals surface area contributed by atoms with Gasteiger partial charge in [0.2, 0.25) is 5.91 Å². The van der Waals surface area contributed by atoms with Gasteiger partial charge in [0.25, 0.3) is 0 Å². The molecule has 17 heavy (non-hydrogen) atoms. The molecule has 0 radical (unpaired) electrons. The summed E-state index contributed by atoms with van der Waals surface area (Å²) in [4.78, 5) is 11.3. The number of rotatable bonds is 7. The first-order valence-corrected chi connectivity index (χ1v) is 5.47. The molecule has 1 atom stereocenters. The van der Waals surface area contributed by atoms with Crippen molar-refractivity contribution >= 4 is 5.91 Å². The molecular weight excluding hydrogens is 220 g/mol. The molecule has 0 saturated heterocycles. The molecule has 0 heterocycles. The standard InChI is InChI=1S/C12H18N2O3/c13-11(7-15)8-17-9-12(16)14-6-10-4-2-1-3-5-10/h1-5,11,15H,6-9,13H2,(H,14,16). The van der Waals surface area contributed by atoms with Gasteiger partial charge in [-0.25, -0.2) is 0 Å². The minimum absolute atomic E-state index is 0.0411. The van der Waals surface area contributed by atoms with Gasteiger partial charge in [-0.15, -0.1) is 0 Å². The highest BCUT2D eigenvalue weighted by Crippen LogP contribution is 1.96. The number of amides is 1. The van der Waals surface area contributed by atoms with E-state index in [-0.39, 0.29) is 25.7 Å². The van der Waals surface area contributed by atoms with Gasteiger partial charge in [0.15, 0.2) is 0 Å². The minimum atomic E-state index is -0.433. The predicted molar refractivity (Wildman–Crippen MR) is 64.2 cm³/mol. The van der Waals surface area contributed by atoms with E-state index in [4.69, 9.17) is 15.6 Å². The molecule has 0 aliphatic carbocycles. The Balaban J connectivity index is 2.13. The first-order chi connectivity index (χ1) is 8.22. The van der Waals surface area contributed by atoms with Crippen LogP contribution in [0.3, 0.4) is 0 Å². The minimum Gasteiger partial charge on any atom is -0.395 e. The Morgan fingerprint density at radius 3 is 2.76 bits per heavy atom. The lowest BCUT2D eigenvalue weighted by molar-refractivity contribution is -0.126. The Labute approximate surface area is 101 Å². The Kier molecular flexibility index (Phi) is 6.24. The highest BCUT2D eigenvalue weighted by molar-refractivity contribution is 5.77. The average molecular weight is 238 g/mol. The van der Waals surface area contributed by atoms with Crippen LogP contribution in [0.5, 0.6) is 0 Å². The second-order valence-corrected chi connectivity index (χ2v) is 3.72. The molecule has 0 spiro atoms. The zero-order valence-electron chi connectivity index (χ0n) is 9.63. The number of carbonyl (C=O) groups is 1. The van der Waals surface area contributed by atoms with E-state index in [2.05, 4.69) is 5.32 Å². The molecule has 0 aliphatic rings. The number of hydrogen-bond acceptors (Lipinski definition) is 4. The van der Waals surface area contributed by atoms with Crippen molar-refractivity contribution in [3.05, 3.63) is 35.9 Å². The van der Waals surface area contributed by atoms with Crippen molar-refractivity contribution in [2.75, 3.05) is 19.8 Å². The van der Waals surface area contributed by atoms with Crippen molar-refractivity contribution in [3.63, 3.8) is 0 Å². The van der Waals surface area contributed by atoms with Crippen molar-refractivity contribution in [1.82, 2.24) is 5.32 Å². The van der Waals surface area contributed by atoms with Gasteiger partial charge in [-0.2, -0.15) is 0 Å². The summed E-state index contributed by atoms with van der Waals surface area (Å²) in [6.45, 7) is 0.469. The third-order valence-electron chi connectivity index (χ3n) is 2.13. The maximum Gasteiger partial charge on any atom is 0.246 e. The summed E-state index contributed by atoms with van der Waals surface area (Å²) < 4.78 is 5.04. The summed E-state index contributed by atoms with van der Waals surface area (Å²) in [5.41, 5.74) is 6.45. The van der Waals surface area contributed by atoms with E-state index in [0.717, 1.165) is 5.56 Å². The van der Waals surface area contributed by atoms with Crippen LogP contribution in [0.25, 0.3) is 0 Å². The van der Waals surface area contributed by atoms with E-state index >= 15 is 0 Å². The summed E-state index contributed by atoms with van der Waals surface area (Å²) in [7, 11) is 0. The number of hydrogen-bond donors (Lipinski definition) is 3.